The van der Waals surface area contributed by atoms with E-state index >= 15 is 0 Å². The van der Waals surface area contributed by atoms with Crippen LogP contribution >= 0.6 is 0 Å². The number of carbonyl (C=O) groups excluding carboxylic acids is 2. The van der Waals surface area contributed by atoms with Crippen LogP contribution in [0.4, 0.5) is 4.79 Å². The van der Waals surface area contributed by atoms with E-state index in [1.54, 1.807) is 39.5 Å². The molecule has 0 spiro atoms. The van der Waals surface area contributed by atoms with E-state index in [9.17, 15) is 9.59 Å². The van der Waals surface area contributed by atoms with Crippen LogP contribution in [-0.4, -0.2) is 45.7 Å². The first-order chi connectivity index (χ1) is 14.1. The fourth-order valence-electron chi connectivity index (χ4n) is 3.65. The average Bonchev–Trinajstić information content (AvgIpc) is 3.13. The van der Waals surface area contributed by atoms with Crippen molar-refractivity contribution in [3.05, 3.63) is 47.6 Å². The molecule has 0 saturated carbocycles. The van der Waals surface area contributed by atoms with Crippen LogP contribution in [0.15, 0.2) is 34.9 Å². The van der Waals surface area contributed by atoms with Crippen LogP contribution in [-0.2, 0) is 15.1 Å². The lowest BCUT2D eigenvalue weighted by Crippen LogP contribution is -2.57. The van der Waals surface area contributed by atoms with Crippen LogP contribution in [0, 0.1) is 6.92 Å². The van der Waals surface area contributed by atoms with Crippen molar-refractivity contribution in [2.45, 2.75) is 64.5 Å². The van der Waals surface area contributed by atoms with Gasteiger partial charge >= 0.3 is 6.09 Å². The Morgan fingerprint density at radius 2 is 1.77 bits per heavy atom. The quantitative estimate of drug-likeness (QED) is 0.822. The van der Waals surface area contributed by atoms with Gasteiger partial charge in [0.1, 0.15) is 11.1 Å². The number of nitrogens with one attached hydrogen (secondary N) is 1. The third-order valence-corrected chi connectivity index (χ3v) is 5.20. The van der Waals surface area contributed by atoms with Gasteiger partial charge in [-0.2, -0.15) is 4.98 Å². The maximum absolute atomic E-state index is 13.6. The number of hydrogen-bond donors (Lipinski definition) is 1. The first kappa shape index (κ1) is 21.8. The van der Waals surface area contributed by atoms with Gasteiger partial charge in [-0.15, -0.1) is 0 Å². The van der Waals surface area contributed by atoms with Crippen molar-refractivity contribution in [2.75, 3.05) is 13.1 Å². The van der Waals surface area contributed by atoms with Gasteiger partial charge in [-0.3, -0.25) is 4.79 Å². The first-order valence-corrected chi connectivity index (χ1v) is 10.2. The second-order valence-corrected chi connectivity index (χ2v) is 8.86. The summed E-state index contributed by atoms with van der Waals surface area (Å²) in [6.45, 7) is 9.98. The zero-order valence-corrected chi connectivity index (χ0v) is 18.3. The molecule has 2 heterocycles. The number of rotatable bonds is 4. The van der Waals surface area contributed by atoms with Crippen LogP contribution in [0.1, 0.15) is 63.7 Å². The maximum atomic E-state index is 13.6. The van der Waals surface area contributed by atoms with Gasteiger partial charge < -0.3 is 19.5 Å². The Morgan fingerprint density at radius 3 is 2.30 bits per heavy atom. The van der Waals surface area contributed by atoms with E-state index < -0.39 is 17.2 Å². The van der Waals surface area contributed by atoms with Crippen LogP contribution in [0.2, 0.25) is 0 Å². The number of alkyl carbamates (subject to hydrolysis) is 1. The summed E-state index contributed by atoms with van der Waals surface area (Å²) in [5, 5.41) is 6.67. The van der Waals surface area contributed by atoms with Crippen molar-refractivity contribution < 1.29 is 18.8 Å². The highest BCUT2D eigenvalue weighted by atomic mass is 16.6. The average molecular weight is 415 g/mol. The number of likely N-dealkylation sites (tertiary alicyclic amines) is 1. The largest absolute Gasteiger partial charge is 0.444 e. The van der Waals surface area contributed by atoms with Crippen molar-refractivity contribution in [1.82, 2.24) is 20.4 Å². The monoisotopic (exact) mass is 414 g/mol. The summed E-state index contributed by atoms with van der Waals surface area (Å²) in [5.41, 5.74) is -1.20. The van der Waals surface area contributed by atoms with Crippen molar-refractivity contribution in [2.24, 2.45) is 0 Å². The lowest BCUT2D eigenvalue weighted by Gasteiger charge is -2.38. The number of piperidine rings is 1. The Bertz CT molecular complexity index is 882. The second kappa shape index (κ2) is 8.45. The zero-order chi connectivity index (χ0) is 21.9. The Labute approximate surface area is 177 Å². The fourth-order valence-corrected chi connectivity index (χ4v) is 3.65. The lowest BCUT2D eigenvalue weighted by atomic mass is 9.88. The van der Waals surface area contributed by atoms with Crippen molar-refractivity contribution >= 4 is 12.0 Å². The molecule has 1 aromatic carbocycles. The molecule has 1 saturated heterocycles. The molecule has 1 N–H and O–H groups in total. The van der Waals surface area contributed by atoms with E-state index in [-0.39, 0.29) is 11.8 Å². The number of hydrogen-bond acceptors (Lipinski definition) is 6. The van der Waals surface area contributed by atoms with Crippen molar-refractivity contribution in [3.8, 4) is 0 Å². The van der Waals surface area contributed by atoms with E-state index in [2.05, 4.69) is 15.5 Å². The molecule has 1 atom stereocenters. The Balaban J connectivity index is 1.76. The van der Waals surface area contributed by atoms with E-state index in [4.69, 9.17) is 9.26 Å². The summed E-state index contributed by atoms with van der Waals surface area (Å²) in [6.07, 6.45) is 0.827. The van der Waals surface area contributed by atoms with Gasteiger partial charge in [0, 0.05) is 19.0 Å². The Morgan fingerprint density at radius 1 is 1.13 bits per heavy atom. The number of aryl methyl sites for hydroxylation is 1. The first-order valence-electron chi connectivity index (χ1n) is 10.2. The zero-order valence-electron chi connectivity index (χ0n) is 18.3. The standard InChI is InChI=1S/C22H30N4O4/c1-15-23-18(30-25-15)16-11-13-26(14-12-16)19(27)22(5,17-9-7-6-8-10-17)24-20(28)29-21(2,3)4/h6-10,16H,11-14H2,1-5H3,(H,24,28)/t22-/m0/s1. The van der Waals surface area contributed by atoms with Crippen LogP contribution in [0.25, 0.3) is 0 Å². The predicted molar refractivity (Wildman–Crippen MR) is 111 cm³/mol. The maximum Gasteiger partial charge on any atom is 0.408 e. The minimum atomic E-state index is -1.24. The second-order valence-electron chi connectivity index (χ2n) is 8.86. The van der Waals surface area contributed by atoms with Gasteiger partial charge in [0.25, 0.3) is 5.91 Å². The molecule has 0 bridgehead atoms. The van der Waals surface area contributed by atoms with E-state index in [1.165, 1.54) is 0 Å². The highest BCUT2D eigenvalue weighted by Gasteiger charge is 2.42. The molecule has 1 aliphatic heterocycles. The predicted octanol–water partition coefficient (Wildman–Crippen LogP) is 3.52. The lowest BCUT2D eigenvalue weighted by molar-refractivity contribution is -0.139. The number of carbonyl (C=O) groups is 2. The smallest absolute Gasteiger partial charge is 0.408 e. The van der Waals surface area contributed by atoms with E-state index in [0.717, 1.165) is 12.8 Å². The summed E-state index contributed by atoms with van der Waals surface area (Å²) in [6, 6.07) is 9.25. The van der Waals surface area contributed by atoms with Gasteiger partial charge in [-0.05, 0) is 53.0 Å². The highest BCUT2D eigenvalue weighted by molar-refractivity contribution is 5.91. The van der Waals surface area contributed by atoms with Crippen LogP contribution in [0.5, 0.6) is 0 Å². The summed E-state index contributed by atoms with van der Waals surface area (Å²) in [5.74, 6) is 1.20. The minimum Gasteiger partial charge on any atom is -0.444 e. The normalized spacial score (nSPS) is 17.3. The number of benzene rings is 1. The van der Waals surface area contributed by atoms with E-state index in [1.807, 2.05) is 30.3 Å². The SMILES string of the molecule is Cc1noc(C2CCN(C(=O)[C@@](C)(NC(=O)OC(C)(C)C)c3ccccc3)CC2)n1. The third kappa shape index (κ3) is 4.98. The van der Waals surface area contributed by atoms with Gasteiger partial charge in [0.15, 0.2) is 5.82 Å². The Hall–Kier alpha value is -2.90. The fraction of sp³-hybridized carbons (Fsp3) is 0.545. The highest BCUT2D eigenvalue weighted by Crippen LogP contribution is 2.30. The summed E-state index contributed by atoms with van der Waals surface area (Å²) < 4.78 is 10.7. The molecule has 8 heteroatoms. The molecule has 0 aliphatic carbocycles. The molecule has 0 unspecified atom stereocenters. The van der Waals surface area contributed by atoms with Gasteiger partial charge in [0.2, 0.25) is 5.89 Å². The molecule has 2 amide bonds. The summed E-state index contributed by atoms with van der Waals surface area (Å²) in [7, 11) is 0. The molecule has 0 radical (unpaired) electrons. The molecule has 2 aromatic rings. The number of aromatic nitrogens is 2. The van der Waals surface area contributed by atoms with E-state index in [0.29, 0.717) is 30.4 Å². The third-order valence-electron chi connectivity index (χ3n) is 5.20. The van der Waals surface area contributed by atoms with Crippen molar-refractivity contribution in [1.29, 1.82) is 0 Å². The molecule has 3 rings (SSSR count). The minimum absolute atomic E-state index is 0.136. The number of nitrogens with zero attached hydrogens (tertiary/aromatic N) is 3. The number of amides is 2. The van der Waals surface area contributed by atoms with Crippen LogP contribution < -0.4 is 5.32 Å². The Kier molecular flexibility index (Phi) is 6.14. The summed E-state index contributed by atoms with van der Waals surface area (Å²) in [4.78, 5) is 32.2. The van der Waals surface area contributed by atoms with Crippen molar-refractivity contribution in [3.63, 3.8) is 0 Å². The molecule has 1 aromatic heterocycles. The van der Waals surface area contributed by atoms with Gasteiger partial charge in [-0.25, -0.2) is 4.79 Å². The van der Waals surface area contributed by atoms with Crippen LogP contribution in [0.3, 0.4) is 0 Å². The number of ether oxygens (including phenoxy) is 1. The molecule has 162 valence electrons. The van der Waals surface area contributed by atoms with Gasteiger partial charge in [-0.1, -0.05) is 35.5 Å². The van der Waals surface area contributed by atoms with Gasteiger partial charge in [0.05, 0.1) is 0 Å². The molecule has 8 nitrogen and oxygen atoms in total. The molecule has 30 heavy (non-hydrogen) atoms. The summed E-state index contributed by atoms with van der Waals surface area (Å²) >= 11 is 0. The molecular weight excluding hydrogens is 384 g/mol. The molecular formula is C22H30N4O4. The topological polar surface area (TPSA) is 97.6 Å². The molecule has 1 aliphatic rings. The molecule has 1 fully saturated rings.